The lowest BCUT2D eigenvalue weighted by Gasteiger charge is -2.28. The number of carboxylic acids is 1. The molecule has 0 aromatic rings. The summed E-state index contributed by atoms with van der Waals surface area (Å²) in [6.45, 7) is 3.50. The molecule has 2 aliphatic carbocycles. The monoisotopic (exact) mass is 283 g/mol. The summed E-state index contributed by atoms with van der Waals surface area (Å²) in [4.78, 5) is 23.6. The fourth-order valence-corrected chi connectivity index (χ4v) is 3.11. The van der Waals surface area contributed by atoms with Gasteiger partial charge in [0.25, 0.3) is 0 Å². The Balaban J connectivity index is 1.89. The number of carboxylic acid groups (broad SMARTS) is 1. The molecule has 114 valence electrons. The van der Waals surface area contributed by atoms with Gasteiger partial charge in [0.15, 0.2) is 0 Å². The summed E-state index contributed by atoms with van der Waals surface area (Å²) >= 11 is 0. The molecule has 5 heteroatoms. The van der Waals surface area contributed by atoms with Gasteiger partial charge in [0, 0.05) is 19.8 Å². The first-order valence-electron chi connectivity index (χ1n) is 7.64. The lowest BCUT2D eigenvalue weighted by atomic mass is 9.81. The SMILES string of the molecule is CCOCCC1(C(=O)NCC2(C(=O)O)CC2)CCCC1. The topological polar surface area (TPSA) is 75.6 Å². The molecule has 0 atom stereocenters. The van der Waals surface area contributed by atoms with Crippen molar-refractivity contribution >= 4 is 11.9 Å². The highest BCUT2D eigenvalue weighted by Gasteiger charge is 2.51. The Bertz CT molecular complexity index is 370. The van der Waals surface area contributed by atoms with Crippen LogP contribution in [-0.4, -0.2) is 36.7 Å². The van der Waals surface area contributed by atoms with E-state index in [4.69, 9.17) is 9.84 Å². The van der Waals surface area contributed by atoms with Gasteiger partial charge in [0.2, 0.25) is 5.91 Å². The Kier molecular flexibility index (Phi) is 4.68. The molecule has 0 aromatic carbocycles. The number of hydrogen-bond acceptors (Lipinski definition) is 3. The van der Waals surface area contributed by atoms with Crippen LogP contribution in [0.1, 0.15) is 51.9 Å². The van der Waals surface area contributed by atoms with Gasteiger partial charge in [-0.2, -0.15) is 0 Å². The van der Waals surface area contributed by atoms with Crippen LogP contribution in [0.3, 0.4) is 0 Å². The van der Waals surface area contributed by atoms with Gasteiger partial charge in [0.05, 0.1) is 10.8 Å². The Hall–Kier alpha value is -1.10. The lowest BCUT2D eigenvalue weighted by Crippen LogP contribution is -2.43. The molecule has 0 heterocycles. The molecular formula is C15H25NO4. The molecular weight excluding hydrogens is 258 g/mol. The predicted molar refractivity (Wildman–Crippen MR) is 74.3 cm³/mol. The zero-order valence-electron chi connectivity index (χ0n) is 12.2. The van der Waals surface area contributed by atoms with E-state index in [2.05, 4.69) is 5.32 Å². The predicted octanol–water partition coefficient (Wildman–Crippen LogP) is 1.95. The van der Waals surface area contributed by atoms with Crippen molar-refractivity contribution in [3.05, 3.63) is 0 Å². The minimum Gasteiger partial charge on any atom is -0.481 e. The van der Waals surface area contributed by atoms with E-state index in [0.29, 0.717) is 26.1 Å². The summed E-state index contributed by atoms with van der Waals surface area (Å²) in [5.41, 5.74) is -1.01. The van der Waals surface area contributed by atoms with Gasteiger partial charge in [-0.3, -0.25) is 9.59 Å². The van der Waals surface area contributed by atoms with Crippen LogP contribution in [0.15, 0.2) is 0 Å². The highest BCUT2D eigenvalue weighted by molar-refractivity contribution is 5.84. The van der Waals surface area contributed by atoms with E-state index >= 15 is 0 Å². The van der Waals surface area contributed by atoms with Crippen LogP contribution in [0.4, 0.5) is 0 Å². The zero-order valence-corrected chi connectivity index (χ0v) is 12.2. The second-order valence-electron chi connectivity index (χ2n) is 6.20. The molecule has 1 amide bonds. The van der Waals surface area contributed by atoms with E-state index in [9.17, 15) is 9.59 Å². The Labute approximate surface area is 120 Å². The first kappa shape index (κ1) is 15.3. The van der Waals surface area contributed by atoms with Crippen molar-refractivity contribution in [1.29, 1.82) is 0 Å². The van der Waals surface area contributed by atoms with E-state index < -0.39 is 11.4 Å². The summed E-state index contributed by atoms with van der Waals surface area (Å²) in [5, 5.41) is 12.0. The fraction of sp³-hybridized carbons (Fsp3) is 0.867. The summed E-state index contributed by atoms with van der Waals surface area (Å²) in [5.74, 6) is -0.755. The molecule has 2 aliphatic rings. The average molecular weight is 283 g/mol. The van der Waals surface area contributed by atoms with Crippen LogP contribution in [0.5, 0.6) is 0 Å². The minimum atomic E-state index is -0.785. The number of nitrogens with one attached hydrogen (secondary N) is 1. The van der Waals surface area contributed by atoms with Crippen molar-refractivity contribution in [3.8, 4) is 0 Å². The normalized spacial score (nSPS) is 22.4. The molecule has 5 nitrogen and oxygen atoms in total. The van der Waals surface area contributed by atoms with Crippen molar-refractivity contribution in [2.45, 2.75) is 51.9 Å². The number of hydrogen-bond donors (Lipinski definition) is 2. The second-order valence-corrected chi connectivity index (χ2v) is 6.20. The maximum atomic E-state index is 12.5. The quantitative estimate of drug-likeness (QED) is 0.668. The highest BCUT2D eigenvalue weighted by atomic mass is 16.5. The van der Waals surface area contributed by atoms with Crippen LogP contribution in [-0.2, 0) is 14.3 Å². The molecule has 2 N–H and O–H groups in total. The molecule has 0 saturated heterocycles. The van der Waals surface area contributed by atoms with Crippen LogP contribution >= 0.6 is 0 Å². The summed E-state index contributed by atoms with van der Waals surface area (Å²) in [6.07, 6.45) is 6.03. The third-order valence-corrected chi connectivity index (χ3v) is 4.87. The van der Waals surface area contributed by atoms with Gasteiger partial charge in [-0.05, 0) is 39.0 Å². The van der Waals surface area contributed by atoms with Gasteiger partial charge in [-0.1, -0.05) is 12.8 Å². The van der Waals surface area contributed by atoms with Gasteiger partial charge in [0.1, 0.15) is 0 Å². The van der Waals surface area contributed by atoms with E-state index in [1.54, 1.807) is 0 Å². The molecule has 0 aromatic heterocycles. The molecule has 2 fully saturated rings. The molecule has 2 saturated carbocycles. The third-order valence-electron chi connectivity index (χ3n) is 4.87. The minimum absolute atomic E-state index is 0.0298. The van der Waals surface area contributed by atoms with E-state index in [0.717, 1.165) is 32.1 Å². The van der Waals surface area contributed by atoms with Gasteiger partial charge < -0.3 is 15.2 Å². The smallest absolute Gasteiger partial charge is 0.311 e. The number of carbonyl (C=O) groups is 2. The van der Waals surface area contributed by atoms with Gasteiger partial charge in [-0.25, -0.2) is 0 Å². The van der Waals surface area contributed by atoms with Gasteiger partial charge in [-0.15, -0.1) is 0 Å². The summed E-state index contributed by atoms with van der Waals surface area (Å²) < 4.78 is 5.39. The van der Waals surface area contributed by atoms with Crippen LogP contribution < -0.4 is 5.32 Å². The van der Waals surface area contributed by atoms with E-state index in [1.807, 2.05) is 6.92 Å². The van der Waals surface area contributed by atoms with Crippen molar-refractivity contribution in [2.75, 3.05) is 19.8 Å². The summed E-state index contributed by atoms with van der Waals surface area (Å²) in [7, 11) is 0. The third kappa shape index (κ3) is 3.14. The number of ether oxygens (including phenoxy) is 1. The number of aliphatic carboxylic acids is 1. The molecule has 2 rings (SSSR count). The maximum Gasteiger partial charge on any atom is 0.311 e. The number of amides is 1. The Morgan fingerprint density at radius 2 is 1.80 bits per heavy atom. The highest BCUT2D eigenvalue weighted by Crippen LogP contribution is 2.46. The summed E-state index contributed by atoms with van der Waals surface area (Å²) in [6, 6.07) is 0. The van der Waals surface area contributed by atoms with Gasteiger partial charge >= 0.3 is 5.97 Å². The zero-order chi connectivity index (χ0) is 14.6. The first-order valence-corrected chi connectivity index (χ1v) is 7.64. The number of rotatable bonds is 8. The molecule has 0 spiro atoms. The second kappa shape index (κ2) is 6.12. The fourth-order valence-electron chi connectivity index (χ4n) is 3.11. The average Bonchev–Trinajstić information content (AvgIpc) is 3.08. The number of carbonyl (C=O) groups excluding carboxylic acids is 1. The maximum absolute atomic E-state index is 12.5. The molecule has 0 aliphatic heterocycles. The van der Waals surface area contributed by atoms with Crippen molar-refractivity contribution in [2.24, 2.45) is 10.8 Å². The van der Waals surface area contributed by atoms with Crippen molar-refractivity contribution < 1.29 is 19.4 Å². The molecule has 0 unspecified atom stereocenters. The molecule has 0 radical (unpaired) electrons. The largest absolute Gasteiger partial charge is 0.481 e. The standard InChI is InChI=1S/C15H25NO4/c1-2-20-10-9-14(5-3-4-6-14)12(17)16-11-15(7-8-15)13(18)19/h2-11H2,1H3,(H,16,17)(H,18,19). The van der Waals surface area contributed by atoms with Crippen LogP contribution in [0, 0.1) is 10.8 Å². The van der Waals surface area contributed by atoms with Crippen molar-refractivity contribution in [1.82, 2.24) is 5.32 Å². The van der Waals surface area contributed by atoms with Crippen LogP contribution in [0.25, 0.3) is 0 Å². The van der Waals surface area contributed by atoms with Crippen LogP contribution in [0.2, 0.25) is 0 Å². The molecule has 20 heavy (non-hydrogen) atoms. The molecule has 0 bridgehead atoms. The van der Waals surface area contributed by atoms with Crippen molar-refractivity contribution in [3.63, 3.8) is 0 Å². The van der Waals surface area contributed by atoms with E-state index in [1.165, 1.54) is 0 Å². The van der Waals surface area contributed by atoms with E-state index in [-0.39, 0.29) is 17.9 Å². The Morgan fingerprint density at radius 3 is 2.30 bits per heavy atom. The lowest BCUT2D eigenvalue weighted by molar-refractivity contribution is -0.143. The Morgan fingerprint density at radius 1 is 1.15 bits per heavy atom. The first-order chi connectivity index (χ1) is 9.55.